The Labute approximate surface area is 106 Å². The van der Waals surface area contributed by atoms with Crippen molar-refractivity contribution in [1.82, 2.24) is 15.0 Å². The van der Waals surface area contributed by atoms with Gasteiger partial charge in [0.15, 0.2) is 0 Å². The molecule has 0 aliphatic heterocycles. The second-order valence-electron chi connectivity index (χ2n) is 4.37. The monoisotopic (exact) mass is 247 g/mol. The van der Waals surface area contributed by atoms with Gasteiger partial charge in [-0.3, -0.25) is 4.79 Å². The van der Waals surface area contributed by atoms with Gasteiger partial charge in [0.05, 0.1) is 18.7 Å². The van der Waals surface area contributed by atoms with Crippen molar-refractivity contribution in [1.29, 1.82) is 0 Å². The normalized spacial score (nSPS) is 10.6. The largest absolute Gasteiger partial charge is 0.361 e. The smallest absolute Gasteiger partial charge is 0.224 e. The highest BCUT2D eigenvalue weighted by Crippen LogP contribution is 2.12. The number of amides is 1. The minimum Gasteiger partial charge on any atom is -0.361 e. The zero-order valence-corrected chi connectivity index (χ0v) is 10.9. The fourth-order valence-electron chi connectivity index (χ4n) is 1.85. The lowest BCUT2D eigenvalue weighted by Crippen LogP contribution is -2.25. The van der Waals surface area contributed by atoms with Gasteiger partial charge in [-0.1, -0.05) is 5.16 Å². The molecule has 2 heterocycles. The number of nitrogens with one attached hydrogen (secondary N) is 1. The minimum atomic E-state index is -0.0226. The molecule has 2 aromatic heterocycles. The number of nitrogens with zero attached hydrogens (tertiary/aromatic N) is 2. The average molecular weight is 247 g/mol. The maximum atomic E-state index is 11.8. The Morgan fingerprint density at radius 2 is 2.28 bits per heavy atom. The van der Waals surface area contributed by atoms with Crippen molar-refractivity contribution >= 4 is 5.91 Å². The molecule has 1 amide bonds. The van der Waals surface area contributed by atoms with Crippen LogP contribution in [0.2, 0.25) is 0 Å². The van der Waals surface area contributed by atoms with E-state index in [9.17, 15) is 4.79 Å². The van der Waals surface area contributed by atoms with Gasteiger partial charge in [-0.15, -0.1) is 0 Å². The molecule has 0 fully saturated rings. The zero-order chi connectivity index (χ0) is 13.1. The number of carbonyl (C=O) groups excluding carboxylic acids is 1. The molecule has 0 radical (unpaired) electrons. The van der Waals surface area contributed by atoms with Crippen LogP contribution in [0.25, 0.3) is 0 Å². The quantitative estimate of drug-likeness (QED) is 0.890. The molecule has 0 saturated heterocycles. The Hall–Kier alpha value is -2.04. The van der Waals surface area contributed by atoms with Crippen molar-refractivity contribution in [2.24, 2.45) is 7.05 Å². The lowest BCUT2D eigenvalue weighted by Gasteiger charge is -2.06. The molecule has 2 rings (SSSR count). The Kier molecular flexibility index (Phi) is 3.50. The second-order valence-corrected chi connectivity index (χ2v) is 4.37. The molecule has 1 N–H and O–H groups in total. The summed E-state index contributed by atoms with van der Waals surface area (Å²) in [5.41, 5.74) is 2.73. The van der Waals surface area contributed by atoms with Crippen molar-refractivity contribution in [3.05, 3.63) is 41.0 Å². The van der Waals surface area contributed by atoms with Crippen LogP contribution in [0, 0.1) is 13.8 Å². The molecule has 0 bridgehead atoms. The van der Waals surface area contributed by atoms with Crippen molar-refractivity contribution in [2.45, 2.75) is 26.8 Å². The van der Waals surface area contributed by atoms with E-state index in [1.54, 1.807) is 0 Å². The summed E-state index contributed by atoms with van der Waals surface area (Å²) in [6, 6.07) is 3.94. The predicted molar refractivity (Wildman–Crippen MR) is 66.9 cm³/mol. The number of hydrogen-bond acceptors (Lipinski definition) is 3. The maximum Gasteiger partial charge on any atom is 0.224 e. The van der Waals surface area contributed by atoms with Crippen LogP contribution < -0.4 is 5.32 Å². The number of carbonyl (C=O) groups is 1. The number of aromatic nitrogens is 2. The van der Waals surface area contributed by atoms with Crippen LogP contribution in [0.4, 0.5) is 0 Å². The van der Waals surface area contributed by atoms with Gasteiger partial charge in [-0.05, 0) is 26.0 Å². The number of hydrogen-bond donors (Lipinski definition) is 1. The summed E-state index contributed by atoms with van der Waals surface area (Å²) in [6.07, 6.45) is 2.27. The molecule has 18 heavy (non-hydrogen) atoms. The molecule has 0 atom stereocenters. The van der Waals surface area contributed by atoms with Crippen LogP contribution in [-0.2, 0) is 24.8 Å². The molecule has 0 aromatic carbocycles. The van der Waals surface area contributed by atoms with Gasteiger partial charge in [0, 0.05) is 24.5 Å². The first-order chi connectivity index (χ1) is 8.58. The van der Waals surface area contributed by atoms with E-state index in [2.05, 4.69) is 10.5 Å². The maximum absolute atomic E-state index is 11.8. The van der Waals surface area contributed by atoms with Gasteiger partial charge >= 0.3 is 0 Å². The first kappa shape index (κ1) is 12.4. The molecular formula is C13H17N3O2. The lowest BCUT2D eigenvalue weighted by molar-refractivity contribution is -0.120. The standard InChI is InChI=1S/C13H17N3O2/c1-9-12(10(2)18-15-9)7-13(17)14-8-11-5-4-6-16(11)3/h4-6H,7-8H2,1-3H3,(H,14,17). The van der Waals surface area contributed by atoms with Crippen LogP contribution in [0.5, 0.6) is 0 Å². The van der Waals surface area contributed by atoms with E-state index in [-0.39, 0.29) is 5.91 Å². The fourth-order valence-corrected chi connectivity index (χ4v) is 1.85. The third kappa shape index (κ3) is 2.61. The van der Waals surface area contributed by atoms with Gasteiger partial charge in [-0.2, -0.15) is 0 Å². The summed E-state index contributed by atoms with van der Waals surface area (Å²) in [4.78, 5) is 11.8. The molecular weight excluding hydrogens is 230 g/mol. The number of rotatable bonds is 4. The summed E-state index contributed by atoms with van der Waals surface area (Å²) in [6.45, 7) is 4.20. The first-order valence-corrected chi connectivity index (χ1v) is 5.86. The van der Waals surface area contributed by atoms with E-state index < -0.39 is 0 Å². The van der Waals surface area contributed by atoms with Gasteiger partial charge in [0.1, 0.15) is 5.76 Å². The van der Waals surface area contributed by atoms with Gasteiger partial charge in [0.25, 0.3) is 0 Å². The van der Waals surface area contributed by atoms with Crippen molar-refractivity contribution < 1.29 is 9.32 Å². The lowest BCUT2D eigenvalue weighted by atomic mass is 10.1. The Bertz CT molecular complexity index is 535. The minimum absolute atomic E-state index is 0.0226. The fraction of sp³-hybridized carbons (Fsp3) is 0.385. The molecule has 2 aromatic rings. The molecule has 5 nitrogen and oxygen atoms in total. The van der Waals surface area contributed by atoms with E-state index in [4.69, 9.17) is 4.52 Å². The van der Waals surface area contributed by atoms with Crippen LogP contribution >= 0.6 is 0 Å². The average Bonchev–Trinajstić information content (AvgIpc) is 2.87. The third-order valence-electron chi connectivity index (χ3n) is 3.04. The first-order valence-electron chi connectivity index (χ1n) is 5.86. The van der Waals surface area contributed by atoms with Gasteiger partial charge < -0.3 is 14.4 Å². The summed E-state index contributed by atoms with van der Waals surface area (Å²) in [7, 11) is 1.95. The summed E-state index contributed by atoms with van der Waals surface area (Å²) in [5.74, 6) is 0.687. The third-order valence-corrected chi connectivity index (χ3v) is 3.04. The van der Waals surface area contributed by atoms with E-state index in [1.807, 2.05) is 43.8 Å². The predicted octanol–water partition coefficient (Wildman–Crippen LogP) is 1.49. The van der Waals surface area contributed by atoms with Gasteiger partial charge in [0.2, 0.25) is 5.91 Å². The Morgan fingerprint density at radius 3 is 2.83 bits per heavy atom. The molecule has 0 aliphatic carbocycles. The SMILES string of the molecule is Cc1noc(C)c1CC(=O)NCc1cccn1C. The molecule has 0 unspecified atom stereocenters. The summed E-state index contributed by atoms with van der Waals surface area (Å²) in [5, 5.41) is 6.72. The van der Waals surface area contributed by atoms with Crippen molar-refractivity contribution in [3.63, 3.8) is 0 Å². The Morgan fingerprint density at radius 1 is 1.50 bits per heavy atom. The highest BCUT2D eigenvalue weighted by molar-refractivity contribution is 5.78. The molecule has 96 valence electrons. The summed E-state index contributed by atoms with van der Waals surface area (Å²) < 4.78 is 7.01. The van der Waals surface area contributed by atoms with Crippen molar-refractivity contribution in [2.75, 3.05) is 0 Å². The van der Waals surface area contributed by atoms with E-state index in [1.165, 1.54) is 0 Å². The van der Waals surface area contributed by atoms with Crippen LogP contribution in [-0.4, -0.2) is 15.6 Å². The highest BCUT2D eigenvalue weighted by Gasteiger charge is 2.13. The van der Waals surface area contributed by atoms with Crippen molar-refractivity contribution in [3.8, 4) is 0 Å². The second kappa shape index (κ2) is 5.08. The number of aryl methyl sites for hydroxylation is 3. The van der Waals surface area contributed by atoms with Crippen LogP contribution in [0.1, 0.15) is 22.7 Å². The van der Waals surface area contributed by atoms with Crippen LogP contribution in [0.15, 0.2) is 22.9 Å². The molecule has 0 saturated carbocycles. The van der Waals surface area contributed by atoms with E-state index in [0.717, 1.165) is 17.0 Å². The molecule has 0 aliphatic rings. The van der Waals surface area contributed by atoms with Gasteiger partial charge in [-0.25, -0.2) is 0 Å². The zero-order valence-electron chi connectivity index (χ0n) is 10.9. The highest BCUT2D eigenvalue weighted by atomic mass is 16.5. The summed E-state index contributed by atoms with van der Waals surface area (Å²) >= 11 is 0. The van der Waals surface area contributed by atoms with E-state index >= 15 is 0 Å². The van der Waals surface area contributed by atoms with E-state index in [0.29, 0.717) is 18.7 Å². The molecule has 5 heteroatoms. The topological polar surface area (TPSA) is 60.1 Å². The van der Waals surface area contributed by atoms with Crippen LogP contribution in [0.3, 0.4) is 0 Å². The Balaban J connectivity index is 1.92. The molecule has 0 spiro atoms.